The van der Waals surface area contributed by atoms with E-state index >= 15 is 0 Å². The van der Waals surface area contributed by atoms with Crippen LogP contribution in [0.25, 0.3) is 10.2 Å². The molecule has 0 aromatic carbocycles. The second-order valence-electron chi connectivity index (χ2n) is 5.40. The largest absolute Gasteiger partial charge is 0.438 e. The zero-order valence-corrected chi connectivity index (χ0v) is 11.9. The zero-order valence-electron chi connectivity index (χ0n) is 11.1. The Balaban J connectivity index is 1.75. The fraction of sp³-hybridized carbons (Fsp3) is 0.429. The first-order valence-corrected chi connectivity index (χ1v) is 7.53. The van der Waals surface area contributed by atoms with Gasteiger partial charge < -0.3 is 15.0 Å². The van der Waals surface area contributed by atoms with Crippen molar-refractivity contribution in [3.63, 3.8) is 0 Å². The van der Waals surface area contributed by atoms with Crippen LogP contribution in [0.1, 0.15) is 13.3 Å². The van der Waals surface area contributed by atoms with Gasteiger partial charge in [0, 0.05) is 32.1 Å². The maximum atomic E-state index is 11.4. The third-order valence-electron chi connectivity index (χ3n) is 4.00. The van der Waals surface area contributed by atoms with Crippen molar-refractivity contribution in [3.05, 3.63) is 24.4 Å². The van der Waals surface area contributed by atoms with Crippen molar-refractivity contribution < 1.29 is 9.53 Å². The van der Waals surface area contributed by atoms with Gasteiger partial charge in [0.05, 0.1) is 21.8 Å². The molecule has 2 aromatic heterocycles. The Morgan fingerprint density at radius 3 is 3.30 bits per heavy atom. The summed E-state index contributed by atoms with van der Waals surface area (Å²) in [5.41, 5.74) is 0.485. The lowest BCUT2D eigenvalue weighted by Gasteiger charge is -2.38. The van der Waals surface area contributed by atoms with Gasteiger partial charge in [0.25, 0.3) is 0 Å². The second kappa shape index (κ2) is 4.17. The summed E-state index contributed by atoms with van der Waals surface area (Å²) >= 11 is 1.70. The summed E-state index contributed by atoms with van der Waals surface area (Å²) in [5.74, 6) is -0.224. The Morgan fingerprint density at radius 2 is 2.55 bits per heavy atom. The molecule has 0 saturated carbocycles. The number of rotatable bonds is 2. The summed E-state index contributed by atoms with van der Waals surface area (Å²) in [4.78, 5) is 18.0. The molecule has 2 aliphatic rings. The normalized spacial score (nSPS) is 28.2. The Bertz CT molecular complexity index is 653. The Kier molecular flexibility index (Phi) is 2.52. The topological polar surface area (TPSA) is 54.5 Å². The summed E-state index contributed by atoms with van der Waals surface area (Å²) in [6.07, 6.45) is 2.66. The Labute approximate surface area is 120 Å². The molecule has 0 radical (unpaired) electrons. The number of fused-ring (bicyclic) bond motifs is 3. The SMILES string of the molecule is CC(=O)O[C@]12CN[C@@H](CN1c1cc3ncccc3s1)C2. The number of aromatic nitrogens is 1. The monoisotopic (exact) mass is 289 g/mol. The van der Waals surface area contributed by atoms with Gasteiger partial charge in [-0.15, -0.1) is 11.3 Å². The highest BCUT2D eigenvalue weighted by Gasteiger charge is 2.54. The predicted octanol–water partition coefficient (Wildman–Crippen LogP) is 1.74. The smallest absolute Gasteiger partial charge is 0.304 e. The van der Waals surface area contributed by atoms with Gasteiger partial charge >= 0.3 is 5.97 Å². The van der Waals surface area contributed by atoms with Gasteiger partial charge in [-0.1, -0.05) is 0 Å². The van der Waals surface area contributed by atoms with Gasteiger partial charge in [0.1, 0.15) is 0 Å². The Hall–Kier alpha value is -1.66. The molecule has 4 heterocycles. The summed E-state index contributed by atoms with van der Waals surface area (Å²) in [7, 11) is 0. The average molecular weight is 289 g/mol. The number of pyridine rings is 1. The third-order valence-corrected chi connectivity index (χ3v) is 5.11. The molecule has 2 fully saturated rings. The van der Waals surface area contributed by atoms with Crippen molar-refractivity contribution in [2.45, 2.75) is 25.1 Å². The molecule has 2 aliphatic heterocycles. The lowest BCUT2D eigenvalue weighted by Crippen LogP contribution is -2.55. The highest BCUT2D eigenvalue weighted by Crippen LogP contribution is 2.43. The molecule has 2 bridgehead atoms. The molecule has 0 spiro atoms. The minimum atomic E-state index is -0.516. The molecule has 0 unspecified atom stereocenters. The van der Waals surface area contributed by atoms with Crippen LogP contribution in [0.3, 0.4) is 0 Å². The first-order valence-electron chi connectivity index (χ1n) is 6.71. The number of anilines is 1. The Morgan fingerprint density at radius 1 is 1.65 bits per heavy atom. The molecule has 104 valence electrons. The zero-order chi connectivity index (χ0) is 13.7. The van der Waals surface area contributed by atoms with Crippen LogP contribution in [0.4, 0.5) is 5.00 Å². The van der Waals surface area contributed by atoms with Crippen molar-refractivity contribution in [3.8, 4) is 0 Å². The molecule has 2 atom stereocenters. The van der Waals surface area contributed by atoms with Crippen LogP contribution < -0.4 is 10.2 Å². The van der Waals surface area contributed by atoms with Crippen LogP contribution in [0.15, 0.2) is 24.4 Å². The molecular formula is C14H15N3O2S. The number of nitrogens with zero attached hydrogens (tertiary/aromatic N) is 2. The van der Waals surface area contributed by atoms with Crippen LogP contribution in [0, 0.1) is 0 Å². The molecule has 5 nitrogen and oxygen atoms in total. The van der Waals surface area contributed by atoms with Crippen molar-refractivity contribution in [2.75, 3.05) is 18.0 Å². The fourth-order valence-corrected chi connectivity index (χ4v) is 4.35. The van der Waals surface area contributed by atoms with E-state index in [1.807, 2.05) is 6.07 Å². The number of esters is 1. The molecule has 2 aromatic rings. The van der Waals surface area contributed by atoms with Gasteiger partial charge in [-0.25, -0.2) is 0 Å². The number of hydrogen-bond acceptors (Lipinski definition) is 6. The highest BCUT2D eigenvalue weighted by molar-refractivity contribution is 7.22. The van der Waals surface area contributed by atoms with E-state index in [0.717, 1.165) is 28.2 Å². The van der Waals surface area contributed by atoms with Crippen LogP contribution in [-0.2, 0) is 9.53 Å². The van der Waals surface area contributed by atoms with E-state index in [-0.39, 0.29) is 5.97 Å². The second-order valence-corrected chi connectivity index (χ2v) is 6.47. The van der Waals surface area contributed by atoms with Crippen molar-refractivity contribution in [2.24, 2.45) is 0 Å². The van der Waals surface area contributed by atoms with E-state index in [1.54, 1.807) is 17.5 Å². The molecule has 4 rings (SSSR count). The van der Waals surface area contributed by atoms with Crippen LogP contribution >= 0.6 is 11.3 Å². The van der Waals surface area contributed by atoms with Gasteiger partial charge in [-0.2, -0.15) is 0 Å². The van der Waals surface area contributed by atoms with E-state index in [0.29, 0.717) is 12.6 Å². The quantitative estimate of drug-likeness (QED) is 0.853. The van der Waals surface area contributed by atoms with Gasteiger partial charge in [-0.3, -0.25) is 9.78 Å². The molecule has 20 heavy (non-hydrogen) atoms. The van der Waals surface area contributed by atoms with Crippen LogP contribution in [0.5, 0.6) is 0 Å². The molecular weight excluding hydrogens is 274 g/mol. The maximum Gasteiger partial charge on any atom is 0.304 e. The minimum Gasteiger partial charge on any atom is -0.438 e. The fourth-order valence-electron chi connectivity index (χ4n) is 3.24. The summed E-state index contributed by atoms with van der Waals surface area (Å²) < 4.78 is 6.83. The maximum absolute atomic E-state index is 11.4. The molecule has 0 aliphatic carbocycles. The number of ether oxygens (including phenoxy) is 1. The minimum absolute atomic E-state index is 0.224. The lowest BCUT2D eigenvalue weighted by atomic mass is 10.2. The summed E-state index contributed by atoms with van der Waals surface area (Å²) in [5, 5.41) is 4.53. The average Bonchev–Trinajstić information content (AvgIpc) is 3.07. The number of nitrogens with one attached hydrogen (secondary N) is 1. The predicted molar refractivity (Wildman–Crippen MR) is 77.9 cm³/mol. The van der Waals surface area contributed by atoms with Crippen molar-refractivity contribution >= 4 is 32.5 Å². The molecule has 0 amide bonds. The van der Waals surface area contributed by atoms with E-state index in [2.05, 4.69) is 27.3 Å². The van der Waals surface area contributed by atoms with E-state index in [1.165, 1.54) is 6.92 Å². The summed E-state index contributed by atoms with van der Waals surface area (Å²) in [6, 6.07) is 6.50. The van der Waals surface area contributed by atoms with Crippen LogP contribution in [0.2, 0.25) is 0 Å². The van der Waals surface area contributed by atoms with Gasteiger partial charge in [-0.05, 0) is 18.2 Å². The molecule has 6 heteroatoms. The number of carbonyl (C=O) groups excluding carboxylic acids is 1. The number of hydrogen-bond donors (Lipinski definition) is 1. The first kappa shape index (κ1) is 12.1. The van der Waals surface area contributed by atoms with E-state index in [4.69, 9.17) is 4.74 Å². The number of thiophene rings is 1. The standard InChI is InChI=1S/C14H15N3O2S/c1-9(18)19-14-6-10(16-8-14)7-17(14)13-5-11-12(20-13)3-2-4-15-11/h2-5,10,16H,6-8H2,1H3/t10-,14-/m1/s1. The van der Waals surface area contributed by atoms with Crippen LogP contribution in [-0.4, -0.2) is 35.8 Å². The lowest BCUT2D eigenvalue weighted by molar-refractivity contribution is -0.154. The van der Waals surface area contributed by atoms with E-state index < -0.39 is 5.72 Å². The van der Waals surface area contributed by atoms with Crippen molar-refractivity contribution in [1.29, 1.82) is 0 Å². The molecule has 2 saturated heterocycles. The molecule has 1 N–H and O–H groups in total. The van der Waals surface area contributed by atoms with Gasteiger partial charge in [0.15, 0.2) is 0 Å². The highest BCUT2D eigenvalue weighted by atomic mass is 32.1. The first-order chi connectivity index (χ1) is 9.66. The number of carbonyl (C=O) groups is 1. The van der Waals surface area contributed by atoms with Gasteiger partial charge in [0.2, 0.25) is 5.72 Å². The third kappa shape index (κ3) is 1.72. The summed E-state index contributed by atoms with van der Waals surface area (Å²) in [6.45, 7) is 3.05. The van der Waals surface area contributed by atoms with E-state index in [9.17, 15) is 4.79 Å². The number of piperazine rings is 1. The van der Waals surface area contributed by atoms with Crippen molar-refractivity contribution in [1.82, 2.24) is 10.3 Å².